The number of hydrogen-bond donors (Lipinski definition) is 1. The number of aromatic nitrogens is 2. The fourth-order valence-electron chi connectivity index (χ4n) is 2.43. The van der Waals surface area contributed by atoms with Crippen LogP contribution in [0, 0.1) is 0 Å². The highest BCUT2D eigenvalue weighted by molar-refractivity contribution is 6.17. The van der Waals surface area contributed by atoms with E-state index < -0.39 is 11.8 Å². The molecule has 0 bridgehead atoms. The van der Waals surface area contributed by atoms with Gasteiger partial charge in [-0.05, 0) is 25.3 Å². The Morgan fingerprint density at radius 1 is 1.43 bits per heavy atom. The molecule has 1 aliphatic carbocycles. The van der Waals surface area contributed by atoms with Crippen molar-refractivity contribution in [3.8, 4) is 0 Å². The van der Waals surface area contributed by atoms with E-state index in [9.17, 15) is 18.4 Å². The van der Waals surface area contributed by atoms with Gasteiger partial charge in [0.2, 0.25) is 11.8 Å². The van der Waals surface area contributed by atoms with Gasteiger partial charge in [0.1, 0.15) is 0 Å². The number of nitrogens with zero attached hydrogens (tertiary/aromatic N) is 2. The molecule has 5 nitrogen and oxygen atoms in total. The molecule has 0 aliphatic heterocycles. The predicted octanol–water partition coefficient (Wildman–Crippen LogP) is 2.73. The van der Waals surface area contributed by atoms with Crippen molar-refractivity contribution in [2.75, 3.05) is 12.9 Å². The Morgan fingerprint density at radius 2 is 2.13 bits per heavy atom. The summed E-state index contributed by atoms with van der Waals surface area (Å²) in [5.74, 6) is -3.77. The quantitative estimate of drug-likeness (QED) is 0.735. The smallest absolute Gasteiger partial charge is 0.257 e. The van der Waals surface area contributed by atoms with Gasteiger partial charge in [-0.1, -0.05) is 0 Å². The maximum absolute atomic E-state index is 13.4. The van der Waals surface area contributed by atoms with Crippen molar-refractivity contribution < 1.29 is 18.4 Å². The van der Waals surface area contributed by atoms with Crippen LogP contribution < -0.4 is 5.32 Å². The lowest BCUT2D eigenvalue weighted by atomic mass is 10.1. The summed E-state index contributed by atoms with van der Waals surface area (Å²) >= 11 is 5.57. The fraction of sp³-hybridized carbons (Fsp3) is 0.667. The number of halogens is 3. The minimum Gasteiger partial charge on any atom is -0.359 e. The summed E-state index contributed by atoms with van der Waals surface area (Å²) in [4.78, 5) is 23.3. The van der Waals surface area contributed by atoms with Crippen LogP contribution in [0.4, 0.5) is 8.78 Å². The molecule has 0 saturated heterocycles. The second-order valence-corrected chi connectivity index (χ2v) is 6.08. The van der Waals surface area contributed by atoms with Gasteiger partial charge in [-0.2, -0.15) is 5.10 Å². The molecule has 0 aromatic carbocycles. The molecule has 1 atom stereocenters. The molecule has 0 radical (unpaired) electrons. The Morgan fingerprint density at radius 3 is 2.70 bits per heavy atom. The highest BCUT2D eigenvalue weighted by Gasteiger charge is 2.59. The minimum absolute atomic E-state index is 0.0865. The third-order valence-electron chi connectivity index (χ3n) is 3.85. The van der Waals surface area contributed by atoms with Crippen LogP contribution in [0.15, 0.2) is 6.07 Å². The normalized spacial score (nSPS) is 18.7. The summed E-state index contributed by atoms with van der Waals surface area (Å²) in [6.45, 7) is 0. The number of rotatable bonds is 8. The van der Waals surface area contributed by atoms with Crippen molar-refractivity contribution >= 4 is 23.4 Å². The average Bonchev–Trinajstić information content (AvgIpc) is 2.96. The first-order chi connectivity index (χ1) is 10.9. The van der Waals surface area contributed by atoms with Crippen molar-refractivity contribution in [2.24, 2.45) is 0 Å². The van der Waals surface area contributed by atoms with E-state index in [4.69, 9.17) is 11.6 Å². The van der Waals surface area contributed by atoms with Crippen LogP contribution in [0.5, 0.6) is 0 Å². The van der Waals surface area contributed by atoms with Gasteiger partial charge in [-0.15, -0.1) is 11.6 Å². The number of aryl methyl sites for hydroxylation is 1. The lowest BCUT2D eigenvalue weighted by Gasteiger charge is -2.04. The van der Waals surface area contributed by atoms with Gasteiger partial charge in [-0.25, -0.2) is 13.5 Å². The zero-order valence-corrected chi connectivity index (χ0v) is 13.7. The number of nitrogens with one attached hydrogen (secondary N) is 1. The number of hydrogen-bond acceptors (Lipinski definition) is 3. The highest BCUT2D eigenvalue weighted by Crippen LogP contribution is 2.55. The Labute approximate surface area is 138 Å². The standard InChI is InChI=1S/C15H20ClF2N3O2/c1-19-13(22)5-2-4-10-8-12(11-9-15(11,17)18)21(20-10)14(23)6-3-7-16/h8,11H,2-7,9H2,1H3,(H,19,22). The van der Waals surface area contributed by atoms with E-state index in [2.05, 4.69) is 10.4 Å². The van der Waals surface area contributed by atoms with Gasteiger partial charge in [0.25, 0.3) is 5.92 Å². The molecule has 1 saturated carbocycles. The largest absolute Gasteiger partial charge is 0.359 e. The first-order valence-corrected chi connectivity index (χ1v) is 8.19. The fourth-order valence-corrected chi connectivity index (χ4v) is 2.56. The number of carbonyl (C=O) groups excluding carboxylic acids is 2. The van der Waals surface area contributed by atoms with Gasteiger partial charge in [0.05, 0.1) is 17.3 Å². The van der Waals surface area contributed by atoms with Crippen LogP contribution in [0.25, 0.3) is 0 Å². The second-order valence-electron chi connectivity index (χ2n) is 5.70. The van der Waals surface area contributed by atoms with E-state index in [-0.39, 0.29) is 30.3 Å². The lowest BCUT2D eigenvalue weighted by molar-refractivity contribution is -0.120. The summed E-state index contributed by atoms with van der Waals surface area (Å²) in [6, 6.07) is 1.56. The maximum Gasteiger partial charge on any atom is 0.257 e. The zero-order chi connectivity index (χ0) is 17.0. The van der Waals surface area contributed by atoms with Gasteiger partial charge in [-0.3, -0.25) is 9.59 Å². The molecule has 1 unspecified atom stereocenters. The molecule has 1 aromatic rings. The molecular weight excluding hydrogens is 328 g/mol. The summed E-state index contributed by atoms with van der Waals surface area (Å²) in [5, 5.41) is 6.69. The van der Waals surface area contributed by atoms with E-state index in [0.29, 0.717) is 37.3 Å². The van der Waals surface area contributed by atoms with Crippen LogP contribution in [0.1, 0.15) is 54.2 Å². The average molecular weight is 348 g/mol. The van der Waals surface area contributed by atoms with Gasteiger partial charge in [0, 0.05) is 32.2 Å². The van der Waals surface area contributed by atoms with Crippen molar-refractivity contribution in [3.63, 3.8) is 0 Å². The Kier molecular flexibility index (Phi) is 5.73. The third-order valence-corrected chi connectivity index (χ3v) is 4.11. The van der Waals surface area contributed by atoms with E-state index in [1.807, 2.05) is 0 Å². The Bertz CT molecular complexity index is 589. The van der Waals surface area contributed by atoms with Crippen LogP contribution in [0.2, 0.25) is 0 Å². The molecule has 1 aromatic heterocycles. The molecule has 2 rings (SSSR count). The minimum atomic E-state index is -2.76. The third kappa shape index (κ3) is 4.50. The molecule has 1 heterocycles. The SMILES string of the molecule is CNC(=O)CCCc1cc(C2CC2(F)F)n(C(=O)CCCCl)n1. The van der Waals surface area contributed by atoms with Crippen molar-refractivity contribution in [3.05, 3.63) is 17.5 Å². The zero-order valence-electron chi connectivity index (χ0n) is 12.9. The monoisotopic (exact) mass is 347 g/mol. The molecular formula is C15H20ClF2N3O2. The summed E-state index contributed by atoms with van der Waals surface area (Å²) in [5.41, 5.74) is 0.829. The van der Waals surface area contributed by atoms with Crippen LogP contribution in [-0.2, 0) is 11.2 Å². The van der Waals surface area contributed by atoms with E-state index >= 15 is 0 Å². The molecule has 1 N–H and O–H groups in total. The van der Waals surface area contributed by atoms with E-state index in [1.165, 1.54) is 0 Å². The lowest BCUT2D eigenvalue weighted by Crippen LogP contribution is -2.17. The predicted molar refractivity (Wildman–Crippen MR) is 82.1 cm³/mol. The maximum atomic E-state index is 13.4. The molecule has 1 aliphatic rings. The first kappa shape index (κ1) is 17.8. The molecule has 1 fully saturated rings. The van der Waals surface area contributed by atoms with Gasteiger partial charge >= 0.3 is 0 Å². The van der Waals surface area contributed by atoms with Crippen LogP contribution in [-0.4, -0.2) is 40.4 Å². The molecule has 1 amide bonds. The summed E-state index contributed by atoms with van der Waals surface area (Å²) in [6.07, 6.45) is 1.75. The number of amides is 1. The second kappa shape index (κ2) is 7.38. The van der Waals surface area contributed by atoms with Gasteiger partial charge in [0.15, 0.2) is 0 Å². The molecule has 8 heteroatoms. The summed E-state index contributed by atoms with van der Waals surface area (Å²) < 4.78 is 27.8. The Hall–Kier alpha value is -1.50. The first-order valence-electron chi connectivity index (χ1n) is 7.65. The number of alkyl halides is 3. The Balaban J connectivity index is 2.09. The van der Waals surface area contributed by atoms with E-state index in [1.54, 1.807) is 13.1 Å². The molecule has 128 valence electrons. The van der Waals surface area contributed by atoms with Crippen molar-refractivity contribution in [1.29, 1.82) is 0 Å². The number of carbonyl (C=O) groups is 2. The van der Waals surface area contributed by atoms with Crippen LogP contribution in [0.3, 0.4) is 0 Å². The van der Waals surface area contributed by atoms with Crippen LogP contribution >= 0.6 is 11.6 Å². The van der Waals surface area contributed by atoms with E-state index in [0.717, 1.165) is 4.68 Å². The topological polar surface area (TPSA) is 64.0 Å². The van der Waals surface area contributed by atoms with Gasteiger partial charge < -0.3 is 5.32 Å². The van der Waals surface area contributed by atoms with Crippen molar-refractivity contribution in [2.45, 2.75) is 50.4 Å². The summed E-state index contributed by atoms with van der Waals surface area (Å²) in [7, 11) is 1.56. The van der Waals surface area contributed by atoms with Crippen molar-refractivity contribution in [1.82, 2.24) is 15.1 Å². The highest BCUT2D eigenvalue weighted by atomic mass is 35.5. The molecule has 23 heavy (non-hydrogen) atoms. The molecule has 0 spiro atoms.